The molecule has 1 aliphatic heterocycles. The molecular formula is C22H30N4O2. The summed E-state index contributed by atoms with van der Waals surface area (Å²) >= 11 is 0. The quantitative estimate of drug-likeness (QED) is 0.789. The van der Waals surface area contributed by atoms with Gasteiger partial charge in [0.15, 0.2) is 0 Å². The molecule has 1 N–H and O–H groups in total. The molecule has 0 aliphatic carbocycles. The number of hydrogen-bond donors (Lipinski definition) is 1. The third-order valence-electron chi connectivity index (χ3n) is 5.41. The second kappa shape index (κ2) is 9.44. The van der Waals surface area contributed by atoms with E-state index in [4.69, 9.17) is 4.74 Å². The number of piperazine rings is 1. The number of benzene rings is 1. The zero-order valence-electron chi connectivity index (χ0n) is 17.0. The Labute approximate surface area is 167 Å². The maximum Gasteiger partial charge on any atom is 0.227 e. The van der Waals surface area contributed by atoms with Gasteiger partial charge >= 0.3 is 0 Å². The molecule has 0 atom stereocenters. The van der Waals surface area contributed by atoms with Crippen LogP contribution in [-0.2, 0) is 4.79 Å². The normalized spacial score (nSPS) is 14.3. The Morgan fingerprint density at radius 2 is 1.68 bits per heavy atom. The van der Waals surface area contributed by atoms with E-state index in [2.05, 4.69) is 32.2 Å². The molecule has 0 bridgehead atoms. The number of aromatic nitrogens is 1. The van der Waals surface area contributed by atoms with Gasteiger partial charge in [-0.05, 0) is 49.2 Å². The lowest BCUT2D eigenvalue weighted by atomic mass is 10.0. The number of ether oxygens (including phenoxy) is 1. The SMILES string of the molecule is CCC(CC)C(=O)Nc1ccc(N2CCN(c3ccc(OC)cc3)CC2)nc1. The molecular weight excluding hydrogens is 352 g/mol. The van der Waals surface area contributed by atoms with Crippen molar-refractivity contribution in [3.05, 3.63) is 42.6 Å². The van der Waals surface area contributed by atoms with Gasteiger partial charge in [-0.1, -0.05) is 13.8 Å². The van der Waals surface area contributed by atoms with Crippen LogP contribution in [0.5, 0.6) is 5.75 Å². The number of nitrogens with zero attached hydrogens (tertiary/aromatic N) is 3. The first kappa shape index (κ1) is 20.0. The summed E-state index contributed by atoms with van der Waals surface area (Å²) in [6.07, 6.45) is 3.46. The predicted octanol–water partition coefficient (Wildman–Crippen LogP) is 3.79. The summed E-state index contributed by atoms with van der Waals surface area (Å²) in [5.41, 5.74) is 1.98. The van der Waals surface area contributed by atoms with E-state index in [1.165, 1.54) is 5.69 Å². The lowest BCUT2D eigenvalue weighted by Crippen LogP contribution is -2.46. The molecule has 150 valence electrons. The van der Waals surface area contributed by atoms with Crippen LogP contribution in [0.2, 0.25) is 0 Å². The predicted molar refractivity (Wildman–Crippen MR) is 114 cm³/mol. The number of carbonyl (C=O) groups is 1. The average molecular weight is 383 g/mol. The number of pyridine rings is 1. The van der Waals surface area contributed by atoms with Crippen LogP contribution in [0.15, 0.2) is 42.6 Å². The minimum atomic E-state index is 0.0608. The highest BCUT2D eigenvalue weighted by molar-refractivity contribution is 5.92. The maximum atomic E-state index is 12.2. The van der Waals surface area contributed by atoms with Crippen LogP contribution in [-0.4, -0.2) is 44.2 Å². The summed E-state index contributed by atoms with van der Waals surface area (Å²) in [6, 6.07) is 12.1. The molecule has 1 aromatic heterocycles. The first-order valence-electron chi connectivity index (χ1n) is 10.1. The molecule has 0 spiro atoms. The minimum Gasteiger partial charge on any atom is -0.497 e. The van der Waals surface area contributed by atoms with Crippen LogP contribution in [0.3, 0.4) is 0 Å². The fourth-order valence-corrected chi connectivity index (χ4v) is 3.54. The molecule has 2 aromatic rings. The van der Waals surface area contributed by atoms with Gasteiger partial charge in [0.1, 0.15) is 11.6 Å². The molecule has 3 rings (SSSR count). The summed E-state index contributed by atoms with van der Waals surface area (Å²) in [4.78, 5) is 21.4. The van der Waals surface area contributed by atoms with Gasteiger partial charge in [0, 0.05) is 37.8 Å². The second-order valence-electron chi connectivity index (χ2n) is 7.08. The van der Waals surface area contributed by atoms with E-state index in [0.717, 1.165) is 56.3 Å². The van der Waals surface area contributed by atoms with Gasteiger partial charge in [0.05, 0.1) is 19.0 Å². The Bertz CT molecular complexity index is 749. The number of anilines is 3. The lowest BCUT2D eigenvalue weighted by Gasteiger charge is -2.36. The smallest absolute Gasteiger partial charge is 0.227 e. The van der Waals surface area contributed by atoms with Crippen molar-refractivity contribution < 1.29 is 9.53 Å². The van der Waals surface area contributed by atoms with E-state index in [0.29, 0.717) is 0 Å². The summed E-state index contributed by atoms with van der Waals surface area (Å²) in [5, 5.41) is 2.97. The molecule has 2 heterocycles. The number of hydrogen-bond acceptors (Lipinski definition) is 5. The number of carbonyl (C=O) groups excluding carboxylic acids is 1. The molecule has 0 unspecified atom stereocenters. The largest absolute Gasteiger partial charge is 0.497 e. The molecule has 6 heteroatoms. The van der Waals surface area contributed by atoms with E-state index in [-0.39, 0.29) is 11.8 Å². The standard InChI is InChI=1S/C22H30N4O2/c1-4-17(5-2)22(27)24-18-6-11-21(23-16-18)26-14-12-25(13-15-26)19-7-9-20(28-3)10-8-19/h6-11,16-17H,4-5,12-15H2,1-3H3,(H,24,27). The van der Waals surface area contributed by atoms with E-state index < -0.39 is 0 Å². The van der Waals surface area contributed by atoms with Crippen molar-refractivity contribution in [3.63, 3.8) is 0 Å². The average Bonchev–Trinajstić information content (AvgIpc) is 2.75. The van der Waals surface area contributed by atoms with Gasteiger partial charge in [-0.25, -0.2) is 4.98 Å². The first-order chi connectivity index (χ1) is 13.6. The number of rotatable bonds is 7. The molecule has 1 fully saturated rings. The van der Waals surface area contributed by atoms with Crippen LogP contribution in [0.4, 0.5) is 17.2 Å². The zero-order valence-corrected chi connectivity index (χ0v) is 17.0. The first-order valence-corrected chi connectivity index (χ1v) is 10.1. The Morgan fingerprint density at radius 1 is 1.04 bits per heavy atom. The summed E-state index contributed by atoms with van der Waals surface area (Å²) in [6.45, 7) is 7.81. The van der Waals surface area contributed by atoms with Crippen molar-refractivity contribution in [2.24, 2.45) is 5.92 Å². The van der Waals surface area contributed by atoms with E-state index >= 15 is 0 Å². The molecule has 1 aliphatic rings. The zero-order chi connectivity index (χ0) is 19.9. The molecule has 28 heavy (non-hydrogen) atoms. The van der Waals surface area contributed by atoms with E-state index in [9.17, 15) is 4.79 Å². The van der Waals surface area contributed by atoms with Crippen molar-refractivity contribution in [2.75, 3.05) is 48.4 Å². The summed E-state index contributed by atoms with van der Waals surface area (Å²) < 4.78 is 5.23. The number of nitrogens with one attached hydrogen (secondary N) is 1. The highest BCUT2D eigenvalue weighted by atomic mass is 16.5. The minimum absolute atomic E-state index is 0.0608. The summed E-state index contributed by atoms with van der Waals surface area (Å²) in [5.74, 6) is 1.97. The van der Waals surface area contributed by atoms with Crippen molar-refractivity contribution >= 4 is 23.1 Å². The van der Waals surface area contributed by atoms with Gasteiger partial charge < -0.3 is 19.9 Å². The molecule has 0 radical (unpaired) electrons. The molecule has 0 saturated carbocycles. The molecule has 1 saturated heterocycles. The van der Waals surface area contributed by atoms with Crippen LogP contribution in [0.25, 0.3) is 0 Å². The topological polar surface area (TPSA) is 57.7 Å². The van der Waals surface area contributed by atoms with Gasteiger partial charge in [-0.3, -0.25) is 4.79 Å². The second-order valence-corrected chi connectivity index (χ2v) is 7.08. The molecule has 6 nitrogen and oxygen atoms in total. The van der Waals surface area contributed by atoms with Crippen LogP contribution in [0.1, 0.15) is 26.7 Å². The monoisotopic (exact) mass is 382 g/mol. The van der Waals surface area contributed by atoms with Gasteiger partial charge in [-0.2, -0.15) is 0 Å². The Kier molecular flexibility index (Phi) is 6.74. The van der Waals surface area contributed by atoms with E-state index in [1.54, 1.807) is 13.3 Å². The fraction of sp³-hybridized carbons (Fsp3) is 0.455. The van der Waals surface area contributed by atoms with Crippen molar-refractivity contribution in [1.29, 1.82) is 0 Å². The highest BCUT2D eigenvalue weighted by Gasteiger charge is 2.19. The van der Waals surface area contributed by atoms with Gasteiger partial charge in [0.25, 0.3) is 0 Å². The maximum absolute atomic E-state index is 12.2. The van der Waals surface area contributed by atoms with E-state index in [1.807, 2.05) is 38.1 Å². The number of methoxy groups -OCH3 is 1. The third-order valence-corrected chi connectivity index (χ3v) is 5.41. The van der Waals surface area contributed by atoms with Crippen molar-refractivity contribution in [3.8, 4) is 5.75 Å². The Hall–Kier alpha value is -2.76. The molecule has 1 amide bonds. The molecule has 1 aromatic carbocycles. The Balaban J connectivity index is 1.54. The summed E-state index contributed by atoms with van der Waals surface area (Å²) in [7, 11) is 1.68. The van der Waals surface area contributed by atoms with Crippen LogP contribution >= 0.6 is 0 Å². The highest BCUT2D eigenvalue weighted by Crippen LogP contribution is 2.23. The van der Waals surface area contributed by atoms with Crippen molar-refractivity contribution in [2.45, 2.75) is 26.7 Å². The van der Waals surface area contributed by atoms with Crippen LogP contribution < -0.4 is 19.9 Å². The van der Waals surface area contributed by atoms with Gasteiger partial charge in [0.2, 0.25) is 5.91 Å². The third kappa shape index (κ3) is 4.74. The van der Waals surface area contributed by atoms with Crippen molar-refractivity contribution in [1.82, 2.24) is 4.98 Å². The van der Waals surface area contributed by atoms with Gasteiger partial charge in [-0.15, -0.1) is 0 Å². The lowest BCUT2D eigenvalue weighted by molar-refractivity contribution is -0.120. The van der Waals surface area contributed by atoms with Crippen LogP contribution in [0, 0.1) is 5.92 Å². The fourth-order valence-electron chi connectivity index (χ4n) is 3.54. The Morgan fingerprint density at radius 3 is 2.21 bits per heavy atom. The number of amides is 1.